The second kappa shape index (κ2) is 7.85. The van der Waals surface area contributed by atoms with E-state index in [2.05, 4.69) is 34.1 Å². The molecule has 20 heavy (non-hydrogen) atoms. The zero-order valence-corrected chi connectivity index (χ0v) is 12.8. The van der Waals surface area contributed by atoms with Crippen molar-refractivity contribution in [2.75, 3.05) is 11.9 Å². The molecular formula is C15H20N4S. The fourth-order valence-corrected chi connectivity index (χ4v) is 2.51. The number of hydrogen-bond donors (Lipinski definition) is 1. The molecule has 0 amide bonds. The monoisotopic (exact) mass is 288 g/mol. The molecule has 2 aromatic rings. The van der Waals surface area contributed by atoms with Crippen LogP contribution >= 0.6 is 11.8 Å². The minimum Gasteiger partial charge on any atom is -0.370 e. The highest BCUT2D eigenvalue weighted by molar-refractivity contribution is 7.99. The molecule has 1 N–H and O–H groups in total. The van der Waals surface area contributed by atoms with Crippen LogP contribution in [0.5, 0.6) is 0 Å². The highest BCUT2D eigenvalue weighted by atomic mass is 32.2. The van der Waals surface area contributed by atoms with Crippen molar-refractivity contribution in [3.63, 3.8) is 0 Å². The maximum Gasteiger partial charge on any atom is 0.132 e. The van der Waals surface area contributed by atoms with Gasteiger partial charge in [-0.2, -0.15) is 0 Å². The molecule has 0 aliphatic carbocycles. The Kier molecular flexibility index (Phi) is 5.80. The van der Waals surface area contributed by atoms with Gasteiger partial charge in [-0.05, 0) is 36.7 Å². The molecule has 0 spiro atoms. The molecule has 0 unspecified atom stereocenters. The second-order valence-corrected chi connectivity index (χ2v) is 5.50. The molecule has 0 aliphatic rings. The van der Waals surface area contributed by atoms with Gasteiger partial charge in [0.15, 0.2) is 0 Å². The first-order chi connectivity index (χ1) is 9.81. The Labute approximate surface area is 124 Å². The van der Waals surface area contributed by atoms with Crippen LogP contribution in [0.15, 0.2) is 40.5 Å². The largest absolute Gasteiger partial charge is 0.370 e. The lowest BCUT2D eigenvalue weighted by Crippen LogP contribution is -2.05. The molecule has 2 rings (SSSR count). The van der Waals surface area contributed by atoms with Crippen LogP contribution < -0.4 is 5.32 Å². The topological polar surface area (TPSA) is 50.7 Å². The molecule has 0 bridgehead atoms. The van der Waals surface area contributed by atoms with Crippen molar-refractivity contribution in [1.82, 2.24) is 15.0 Å². The fourth-order valence-electron chi connectivity index (χ4n) is 1.72. The Hall–Kier alpha value is -1.62. The maximum atomic E-state index is 4.60. The van der Waals surface area contributed by atoms with Gasteiger partial charge in [0.1, 0.15) is 21.7 Å². The lowest BCUT2D eigenvalue weighted by Gasteiger charge is -2.08. The van der Waals surface area contributed by atoms with Crippen LogP contribution in [-0.2, 0) is 6.42 Å². The molecule has 0 atom stereocenters. The number of anilines is 1. The summed E-state index contributed by atoms with van der Waals surface area (Å²) in [5.41, 5.74) is 0. The van der Waals surface area contributed by atoms with Crippen molar-refractivity contribution >= 4 is 17.6 Å². The minimum absolute atomic E-state index is 0.895. The fraction of sp³-hybridized carbons (Fsp3) is 0.400. The Morgan fingerprint density at radius 3 is 2.70 bits per heavy atom. The Bertz CT molecular complexity index is 531. The average Bonchev–Trinajstić information content (AvgIpc) is 2.46. The van der Waals surface area contributed by atoms with Gasteiger partial charge in [0.25, 0.3) is 0 Å². The smallest absolute Gasteiger partial charge is 0.132 e. The highest BCUT2D eigenvalue weighted by Crippen LogP contribution is 2.25. The van der Waals surface area contributed by atoms with E-state index in [1.807, 2.05) is 24.3 Å². The lowest BCUT2D eigenvalue weighted by atomic mass is 10.3. The summed E-state index contributed by atoms with van der Waals surface area (Å²) < 4.78 is 0. The molecule has 4 nitrogen and oxygen atoms in total. The van der Waals surface area contributed by atoms with Gasteiger partial charge in [-0.25, -0.2) is 15.0 Å². The third-order valence-electron chi connectivity index (χ3n) is 2.63. The molecule has 0 fully saturated rings. The van der Waals surface area contributed by atoms with Gasteiger partial charge in [-0.1, -0.05) is 19.9 Å². The third kappa shape index (κ3) is 4.49. The normalized spacial score (nSPS) is 10.5. The summed E-state index contributed by atoms with van der Waals surface area (Å²) in [7, 11) is 0. The van der Waals surface area contributed by atoms with Gasteiger partial charge >= 0.3 is 0 Å². The van der Waals surface area contributed by atoms with E-state index in [-0.39, 0.29) is 0 Å². The third-order valence-corrected chi connectivity index (χ3v) is 3.49. The molecule has 0 radical (unpaired) electrons. The van der Waals surface area contributed by atoms with Crippen molar-refractivity contribution < 1.29 is 0 Å². The lowest BCUT2D eigenvalue weighted by molar-refractivity contribution is 0.807. The van der Waals surface area contributed by atoms with Crippen molar-refractivity contribution in [2.24, 2.45) is 0 Å². The van der Waals surface area contributed by atoms with E-state index in [9.17, 15) is 0 Å². The molecule has 2 aromatic heterocycles. The van der Waals surface area contributed by atoms with Crippen molar-refractivity contribution in [1.29, 1.82) is 0 Å². The molecule has 0 aromatic carbocycles. The zero-order valence-electron chi connectivity index (χ0n) is 12.0. The van der Waals surface area contributed by atoms with Crippen molar-refractivity contribution in [3.05, 3.63) is 36.3 Å². The Balaban J connectivity index is 2.19. The summed E-state index contributed by atoms with van der Waals surface area (Å²) in [6, 6.07) is 7.89. The first-order valence-corrected chi connectivity index (χ1v) is 7.84. The summed E-state index contributed by atoms with van der Waals surface area (Å²) in [6.07, 6.45) is 4.82. The quantitative estimate of drug-likeness (QED) is 0.785. The number of pyridine rings is 1. The highest BCUT2D eigenvalue weighted by Gasteiger charge is 2.06. The summed E-state index contributed by atoms with van der Waals surface area (Å²) in [5.74, 6) is 1.80. The number of nitrogens with zero attached hydrogens (tertiary/aromatic N) is 3. The van der Waals surface area contributed by atoms with E-state index in [4.69, 9.17) is 0 Å². The molecule has 0 saturated heterocycles. The SMILES string of the molecule is CCCNc1cc(Sc2ccccn2)nc(CCC)n1. The average molecular weight is 288 g/mol. The molecule has 0 saturated carbocycles. The van der Waals surface area contributed by atoms with Gasteiger partial charge in [0, 0.05) is 25.2 Å². The summed E-state index contributed by atoms with van der Waals surface area (Å²) in [4.78, 5) is 13.5. The van der Waals surface area contributed by atoms with Crippen LogP contribution in [0.4, 0.5) is 5.82 Å². The minimum atomic E-state index is 0.895. The van der Waals surface area contributed by atoms with E-state index in [0.717, 1.165) is 47.5 Å². The van der Waals surface area contributed by atoms with Crippen LogP contribution in [0.2, 0.25) is 0 Å². The number of hydrogen-bond acceptors (Lipinski definition) is 5. The summed E-state index contributed by atoms with van der Waals surface area (Å²) >= 11 is 1.57. The van der Waals surface area contributed by atoms with Crippen LogP contribution in [0.1, 0.15) is 32.5 Å². The molecule has 2 heterocycles. The van der Waals surface area contributed by atoms with Crippen LogP contribution in [0, 0.1) is 0 Å². The summed E-state index contributed by atoms with van der Waals surface area (Å²) in [5, 5.41) is 5.23. The van der Waals surface area contributed by atoms with E-state index in [0.29, 0.717) is 0 Å². The van der Waals surface area contributed by atoms with E-state index < -0.39 is 0 Å². The summed E-state index contributed by atoms with van der Waals surface area (Å²) in [6.45, 7) is 5.21. The molecule has 5 heteroatoms. The van der Waals surface area contributed by atoms with Crippen molar-refractivity contribution in [3.8, 4) is 0 Å². The standard InChI is InChI=1S/C15H20N4S/c1-3-7-12-18-13(16-9-4-2)11-15(19-12)20-14-8-5-6-10-17-14/h5-6,8,10-11H,3-4,7,9H2,1-2H3,(H,16,18,19). The van der Waals surface area contributed by atoms with Gasteiger partial charge in [0.2, 0.25) is 0 Å². The predicted molar refractivity (Wildman–Crippen MR) is 83.2 cm³/mol. The first kappa shape index (κ1) is 14.8. The Morgan fingerprint density at radius 1 is 1.10 bits per heavy atom. The van der Waals surface area contributed by atoms with Crippen molar-refractivity contribution in [2.45, 2.75) is 43.2 Å². The maximum absolute atomic E-state index is 4.60. The van der Waals surface area contributed by atoms with E-state index in [1.54, 1.807) is 18.0 Å². The van der Waals surface area contributed by atoms with Gasteiger partial charge in [-0.3, -0.25) is 0 Å². The van der Waals surface area contributed by atoms with Gasteiger partial charge in [-0.15, -0.1) is 0 Å². The van der Waals surface area contributed by atoms with Gasteiger partial charge < -0.3 is 5.32 Å². The van der Waals surface area contributed by atoms with E-state index >= 15 is 0 Å². The van der Waals surface area contributed by atoms with Crippen LogP contribution in [0.3, 0.4) is 0 Å². The first-order valence-electron chi connectivity index (χ1n) is 7.02. The van der Waals surface area contributed by atoms with Crippen LogP contribution in [0.25, 0.3) is 0 Å². The van der Waals surface area contributed by atoms with Gasteiger partial charge in [0.05, 0.1) is 0 Å². The number of rotatable bonds is 7. The number of aryl methyl sites for hydroxylation is 1. The second-order valence-electron chi connectivity index (χ2n) is 4.45. The zero-order chi connectivity index (χ0) is 14.2. The predicted octanol–water partition coefficient (Wildman–Crippen LogP) is 3.80. The molecular weight excluding hydrogens is 268 g/mol. The van der Waals surface area contributed by atoms with E-state index in [1.165, 1.54) is 0 Å². The van der Waals surface area contributed by atoms with Crippen LogP contribution in [-0.4, -0.2) is 21.5 Å². The molecule has 0 aliphatic heterocycles. The molecule has 106 valence electrons. The number of nitrogens with one attached hydrogen (secondary N) is 1. The Morgan fingerprint density at radius 2 is 2.00 bits per heavy atom. The number of aromatic nitrogens is 3.